The maximum Gasteiger partial charge on any atom is 0.495 e. The molecule has 0 saturated carbocycles. The Labute approximate surface area is 776 Å². The van der Waals surface area contributed by atoms with E-state index in [-0.39, 0.29) is 36.8 Å². The molecule has 0 unspecified atom stereocenters. The highest BCUT2D eigenvalue weighted by Crippen LogP contribution is 2.45. The molecular formula is C97H104BBrCl4F7N15O4. The highest BCUT2D eigenvalue weighted by molar-refractivity contribution is 9.10. The van der Waals surface area contributed by atoms with Crippen molar-refractivity contribution < 1.29 is 49.6 Å². The molecule has 1 amide bonds. The number of nitriles is 1. The number of ether oxygens (including phenoxy) is 1. The van der Waals surface area contributed by atoms with Crippen LogP contribution < -0.4 is 15.7 Å². The number of aromatic nitrogens is 11. The number of amides is 1. The third-order valence-electron chi connectivity index (χ3n) is 23.6. The van der Waals surface area contributed by atoms with E-state index in [2.05, 4.69) is 191 Å². The van der Waals surface area contributed by atoms with E-state index < -0.39 is 35.0 Å². The molecule has 4 N–H and O–H groups in total. The number of carbonyl (C=O) groups is 1. The van der Waals surface area contributed by atoms with Crippen molar-refractivity contribution in [1.82, 2.24) is 64.5 Å². The van der Waals surface area contributed by atoms with Crippen LogP contribution in [0.1, 0.15) is 175 Å². The number of carbonyl (C=O) groups excluding carboxylic acids is 1. The molecule has 0 aliphatic carbocycles. The number of benzene rings is 6. The number of anilines is 1. The lowest BCUT2D eigenvalue weighted by Crippen LogP contribution is -2.41. The van der Waals surface area contributed by atoms with Gasteiger partial charge in [0.2, 0.25) is 5.95 Å². The predicted octanol–water partition coefficient (Wildman–Crippen LogP) is 24.6. The van der Waals surface area contributed by atoms with Crippen LogP contribution in [0.2, 0.25) is 15.1 Å². The van der Waals surface area contributed by atoms with Gasteiger partial charge < -0.3 is 44.1 Å². The number of aromatic amines is 3. The van der Waals surface area contributed by atoms with Crippen molar-refractivity contribution >= 4 is 120 Å². The zero-order valence-electron chi connectivity index (χ0n) is 74.4. The Bertz CT molecular complexity index is 6280. The first-order chi connectivity index (χ1) is 61.0. The van der Waals surface area contributed by atoms with Gasteiger partial charge >= 0.3 is 25.6 Å². The first-order valence-electron chi connectivity index (χ1n) is 42.9. The summed E-state index contributed by atoms with van der Waals surface area (Å²) in [6.45, 7) is 32.4. The Morgan fingerprint density at radius 3 is 1.40 bits per heavy atom. The molecule has 14 aromatic rings. The molecule has 1 saturated heterocycles. The second-order valence-electron chi connectivity index (χ2n) is 33.4. The second kappa shape index (κ2) is 40.9. The van der Waals surface area contributed by atoms with Crippen LogP contribution in [0.25, 0.3) is 72.3 Å². The summed E-state index contributed by atoms with van der Waals surface area (Å²) in [5, 5.41) is 31.4. The average Bonchev–Trinajstić information content (AvgIpc) is 1.60. The number of alkyl halides is 6. The number of H-pyrrole nitrogens is 3. The molecule has 18 rings (SSSR count). The van der Waals surface area contributed by atoms with Gasteiger partial charge in [-0.25, -0.2) is 28.8 Å². The van der Waals surface area contributed by atoms with Gasteiger partial charge in [-0.1, -0.05) is 149 Å². The SMILES string of the molecule is CC#N.CC1(C)OB(c2ccc(Cl)c3[nH]ccc23)OC1(C)C.CCc1cccc(CC)c1-n1nc2c(c1-c1ccc(Cl)c3[nH]ccc13)CN(c1ccc(C(F)(F)F)cn1)CC2.CCc1cccc(CC)c1-n1nc2c(c1-c1ccc(Cl)c3[nH]ccc13)CNCC2.CCc1cccc(CC)c1-n1nc2c(c1Br)CN(C(=O)OC(C)(C)C)CC2.Cl.Fc1ccc(C(F)(F)F)cn1. The van der Waals surface area contributed by atoms with Gasteiger partial charge in [0, 0.05) is 134 Å². The minimum atomic E-state index is -4.44. The standard InChI is InChI=1S/C30H27ClF3N5.C24H25ClN4.C21H28BrN3O2.C14H17BClNO2.C6H3F4N.C2H3N.ClH/c1-3-18-6-5-7-19(4-2)28(18)39-29(22-9-10-24(31)27-21(22)12-14-35-27)23-17-38(15-13-25(23)37-39)26-11-8-20(16-36-26)30(32,33)34;1-3-15-6-5-7-16(4-2)23(15)29-24(19-14-26-12-11-21(19)28-29)18-8-9-20(25)22-17(18)10-13-27-22;1-6-14-9-8-10-15(7-2)18(14)25-19(22)16-13-24(12-11-17(16)23-25)20(26)27-21(3,4)5;1-13(2)14(3,4)19-15(18-13)10-5-6-11(16)12-9(10)7-8-17-12;7-5-2-1-4(3-11-5)6(8,9)10;1-2-3;/h5-12,14,16,35H,3-4,13,15,17H2,1-2H3;5-10,13,26-27H,3-4,11-12,14H2,1-2H3;8-10H,6-7,11-13H2,1-5H3;5-8,17H,1-4H3;1-3H;1H3;1H. The molecule has 12 heterocycles. The maximum absolute atomic E-state index is 13.1. The number of fused-ring (bicyclic) bond motifs is 6. The van der Waals surface area contributed by atoms with Crippen LogP contribution in [-0.2, 0) is 104 Å². The zero-order chi connectivity index (χ0) is 92.1. The summed E-state index contributed by atoms with van der Waals surface area (Å²) >= 11 is 22.9. The molecule has 129 heavy (non-hydrogen) atoms. The van der Waals surface area contributed by atoms with Crippen molar-refractivity contribution in [1.29, 1.82) is 5.26 Å². The number of hydrogen-bond donors (Lipinski definition) is 4. The highest BCUT2D eigenvalue weighted by Gasteiger charge is 2.52. The number of rotatable bonds is 13. The second-order valence-corrected chi connectivity index (χ2v) is 35.3. The number of para-hydroxylation sites is 3. The molecule has 4 aliphatic rings. The van der Waals surface area contributed by atoms with Crippen molar-refractivity contribution in [2.75, 3.05) is 24.5 Å². The van der Waals surface area contributed by atoms with Crippen LogP contribution >= 0.6 is 63.1 Å². The number of hydrogen-bond acceptors (Lipinski definition) is 12. The fourth-order valence-electron chi connectivity index (χ4n) is 16.4. The van der Waals surface area contributed by atoms with E-state index >= 15 is 0 Å². The smallest absolute Gasteiger partial charge is 0.444 e. The van der Waals surface area contributed by atoms with Crippen molar-refractivity contribution in [2.24, 2.45) is 0 Å². The molecule has 1 fully saturated rings. The molecule has 0 spiro atoms. The Morgan fingerprint density at radius 1 is 0.543 bits per heavy atom. The Hall–Kier alpha value is -10.5. The van der Waals surface area contributed by atoms with Crippen LogP contribution in [0.5, 0.6) is 0 Å². The Morgan fingerprint density at radius 2 is 0.953 bits per heavy atom. The minimum absolute atomic E-state index is 0. The largest absolute Gasteiger partial charge is 0.495 e. The van der Waals surface area contributed by atoms with Gasteiger partial charge in [0.15, 0.2) is 0 Å². The average molecular weight is 1910 g/mol. The lowest BCUT2D eigenvalue weighted by Gasteiger charge is -2.32. The van der Waals surface area contributed by atoms with E-state index in [1.807, 2.05) is 91.4 Å². The third-order valence-corrected chi connectivity index (χ3v) is 25.4. The van der Waals surface area contributed by atoms with E-state index in [4.69, 9.17) is 69.4 Å². The maximum atomic E-state index is 13.1. The monoisotopic (exact) mass is 1910 g/mol. The number of halogens is 12. The van der Waals surface area contributed by atoms with Crippen LogP contribution in [-0.4, -0.2) is 109 Å². The first kappa shape index (κ1) is 97.6. The van der Waals surface area contributed by atoms with E-state index in [9.17, 15) is 35.5 Å². The van der Waals surface area contributed by atoms with Crippen molar-refractivity contribution in [3.63, 3.8) is 0 Å². The van der Waals surface area contributed by atoms with Gasteiger partial charge in [-0.2, -0.15) is 51.3 Å². The molecule has 0 atom stereocenters. The van der Waals surface area contributed by atoms with E-state index in [1.165, 1.54) is 74.6 Å². The Kier molecular flexibility index (Phi) is 30.9. The van der Waals surface area contributed by atoms with Gasteiger partial charge in [0.1, 0.15) is 16.0 Å². The summed E-state index contributed by atoms with van der Waals surface area (Å²) in [7, 11) is -0.361. The summed E-state index contributed by atoms with van der Waals surface area (Å²) in [4.78, 5) is 33.0. The molecule has 0 bridgehead atoms. The molecule has 8 aromatic heterocycles. The van der Waals surface area contributed by atoms with Crippen LogP contribution in [0.4, 0.5) is 41.3 Å². The molecular weight excluding hydrogens is 1800 g/mol. The number of nitrogens with zero attached hydrogens (tertiary/aromatic N) is 11. The van der Waals surface area contributed by atoms with E-state index in [0.29, 0.717) is 66.8 Å². The van der Waals surface area contributed by atoms with Crippen molar-refractivity contribution in [3.8, 4) is 45.6 Å². The number of pyridine rings is 2. The summed E-state index contributed by atoms with van der Waals surface area (Å²) in [5.74, 6) is -0.406. The molecule has 19 nitrogen and oxygen atoms in total. The number of nitrogens with one attached hydrogen (secondary N) is 4. The van der Waals surface area contributed by atoms with E-state index in [1.54, 1.807) is 11.0 Å². The van der Waals surface area contributed by atoms with Gasteiger partial charge in [-0.05, 0) is 202 Å². The lowest BCUT2D eigenvalue weighted by molar-refractivity contribution is -0.138. The summed E-state index contributed by atoms with van der Waals surface area (Å²) in [6, 6.07) is 43.1. The van der Waals surface area contributed by atoms with Crippen LogP contribution in [0.15, 0.2) is 169 Å². The molecule has 6 aromatic carbocycles. The molecule has 0 radical (unpaired) electrons. The van der Waals surface area contributed by atoms with Gasteiger partial charge in [0.05, 0.1) is 112 Å². The molecule has 4 aliphatic heterocycles. The van der Waals surface area contributed by atoms with Crippen molar-refractivity contribution in [2.45, 2.75) is 204 Å². The minimum Gasteiger partial charge on any atom is -0.444 e. The van der Waals surface area contributed by atoms with Crippen LogP contribution in [0, 0.1) is 17.3 Å². The summed E-state index contributed by atoms with van der Waals surface area (Å²) < 4.78 is 112. The summed E-state index contributed by atoms with van der Waals surface area (Å²) in [5.41, 5.74) is 23.0. The van der Waals surface area contributed by atoms with Gasteiger partial charge in [-0.15, -0.1) is 12.4 Å². The van der Waals surface area contributed by atoms with Gasteiger partial charge in [-0.3, -0.25) is 0 Å². The van der Waals surface area contributed by atoms with Crippen LogP contribution in [0.3, 0.4) is 0 Å². The number of aryl methyl sites for hydroxylation is 6. The normalized spacial score (nSPS) is 14.4. The van der Waals surface area contributed by atoms with Crippen molar-refractivity contribution in [3.05, 3.63) is 268 Å². The fourth-order valence-corrected chi connectivity index (χ4v) is 17.7. The topological polar surface area (TPSA) is 214 Å². The summed E-state index contributed by atoms with van der Waals surface area (Å²) in [6.07, 6.45) is 5.85. The zero-order valence-corrected chi connectivity index (χ0v) is 79.1. The predicted molar refractivity (Wildman–Crippen MR) is 506 cm³/mol. The van der Waals surface area contributed by atoms with E-state index in [0.717, 1.165) is 170 Å². The molecule has 678 valence electrons. The third kappa shape index (κ3) is 21.0. The van der Waals surface area contributed by atoms with Gasteiger partial charge in [0.25, 0.3) is 0 Å². The lowest BCUT2D eigenvalue weighted by atomic mass is 9.77. The Balaban J connectivity index is 0.000000151. The fraction of sp³-hybridized carbons (Fsp3) is 0.351. The molecule has 32 heteroatoms. The quantitative estimate of drug-likeness (QED) is 0.0482. The highest BCUT2D eigenvalue weighted by atomic mass is 79.9. The first-order valence-corrected chi connectivity index (χ1v) is 44.8.